The van der Waals surface area contributed by atoms with E-state index in [2.05, 4.69) is 10.3 Å². The lowest BCUT2D eigenvalue weighted by molar-refractivity contribution is -0.113. The number of halogens is 3. The summed E-state index contributed by atoms with van der Waals surface area (Å²) in [6.45, 7) is 0. The first kappa shape index (κ1) is 17.4. The van der Waals surface area contributed by atoms with E-state index in [1.54, 1.807) is 12.1 Å². The van der Waals surface area contributed by atoms with Crippen molar-refractivity contribution in [2.45, 2.75) is 5.22 Å². The maximum absolute atomic E-state index is 13.0. The molecule has 128 valence electrons. The third kappa shape index (κ3) is 4.58. The summed E-state index contributed by atoms with van der Waals surface area (Å²) in [6, 6.07) is 9.51. The Morgan fingerprint density at radius 2 is 1.88 bits per heavy atom. The SMILES string of the molecule is O=C(CSc1ncc(-c2ccc(F)cc2)o1)Nc1ccc(F)cc1Cl. The van der Waals surface area contributed by atoms with Crippen molar-refractivity contribution in [3.05, 3.63) is 65.3 Å². The summed E-state index contributed by atoms with van der Waals surface area (Å²) in [4.78, 5) is 16.0. The fourth-order valence-corrected chi connectivity index (χ4v) is 2.79. The first-order chi connectivity index (χ1) is 12.0. The molecule has 0 aliphatic carbocycles. The number of oxazole rings is 1. The van der Waals surface area contributed by atoms with Gasteiger partial charge in [0.2, 0.25) is 5.91 Å². The summed E-state index contributed by atoms with van der Waals surface area (Å²) >= 11 is 6.95. The van der Waals surface area contributed by atoms with Crippen molar-refractivity contribution >= 4 is 35.0 Å². The lowest BCUT2D eigenvalue weighted by Gasteiger charge is -2.06. The van der Waals surface area contributed by atoms with Crippen molar-refractivity contribution in [3.8, 4) is 11.3 Å². The van der Waals surface area contributed by atoms with Gasteiger partial charge >= 0.3 is 0 Å². The summed E-state index contributed by atoms with van der Waals surface area (Å²) in [5.74, 6) is -0.638. The molecule has 0 unspecified atom stereocenters. The number of amides is 1. The molecule has 1 aromatic heterocycles. The topological polar surface area (TPSA) is 55.1 Å². The number of benzene rings is 2. The van der Waals surface area contributed by atoms with Crippen molar-refractivity contribution in [2.75, 3.05) is 11.1 Å². The zero-order valence-electron chi connectivity index (χ0n) is 12.6. The molecule has 25 heavy (non-hydrogen) atoms. The van der Waals surface area contributed by atoms with Crippen LogP contribution in [0.3, 0.4) is 0 Å². The minimum atomic E-state index is -0.481. The highest BCUT2D eigenvalue weighted by molar-refractivity contribution is 7.99. The molecule has 3 aromatic rings. The van der Waals surface area contributed by atoms with Gasteiger partial charge in [-0.05, 0) is 42.5 Å². The zero-order chi connectivity index (χ0) is 17.8. The lowest BCUT2D eigenvalue weighted by atomic mass is 10.2. The first-order valence-electron chi connectivity index (χ1n) is 7.11. The molecule has 0 aliphatic rings. The molecule has 0 radical (unpaired) electrons. The van der Waals surface area contributed by atoms with Gasteiger partial charge in [-0.3, -0.25) is 4.79 Å². The molecular weight excluding hydrogens is 370 g/mol. The molecule has 1 N–H and O–H groups in total. The summed E-state index contributed by atoms with van der Waals surface area (Å²) in [7, 11) is 0. The van der Waals surface area contributed by atoms with Crippen LogP contribution < -0.4 is 5.32 Å². The van der Waals surface area contributed by atoms with Crippen LogP contribution in [0.2, 0.25) is 5.02 Å². The number of carbonyl (C=O) groups excluding carboxylic acids is 1. The van der Waals surface area contributed by atoms with Crippen molar-refractivity contribution in [1.29, 1.82) is 0 Å². The van der Waals surface area contributed by atoms with Crippen LogP contribution in [0.4, 0.5) is 14.5 Å². The molecular formula is C17H11ClF2N2O2S. The number of hydrogen-bond acceptors (Lipinski definition) is 4. The molecule has 2 aromatic carbocycles. The van der Waals surface area contributed by atoms with Crippen molar-refractivity contribution in [2.24, 2.45) is 0 Å². The predicted molar refractivity (Wildman–Crippen MR) is 92.7 cm³/mol. The summed E-state index contributed by atoms with van der Waals surface area (Å²) in [5.41, 5.74) is 1.01. The summed E-state index contributed by atoms with van der Waals surface area (Å²) in [5, 5.41) is 3.01. The van der Waals surface area contributed by atoms with Crippen LogP contribution in [-0.4, -0.2) is 16.6 Å². The number of anilines is 1. The van der Waals surface area contributed by atoms with Gasteiger partial charge in [0.15, 0.2) is 5.76 Å². The summed E-state index contributed by atoms with van der Waals surface area (Å²) in [6.07, 6.45) is 1.50. The molecule has 3 rings (SSSR count). The van der Waals surface area contributed by atoms with Gasteiger partial charge in [-0.25, -0.2) is 13.8 Å². The molecule has 1 amide bonds. The van der Waals surface area contributed by atoms with Crippen molar-refractivity contribution in [3.63, 3.8) is 0 Å². The van der Waals surface area contributed by atoms with E-state index >= 15 is 0 Å². The van der Waals surface area contributed by atoms with Crippen LogP contribution in [-0.2, 0) is 4.79 Å². The Labute approximate surface area is 151 Å². The second kappa shape index (κ2) is 7.67. The monoisotopic (exact) mass is 380 g/mol. The number of hydrogen-bond donors (Lipinski definition) is 1. The maximum Gasteiger partial charge on any atom is 0.256 e. The number of carbonyl (C=O) groups is 1. The number of thioether (sulfide) groups is 1. The molecule has 8 heteroatoms. The highest BCUT2D eigenvalue weighted by Crippen LogP contribution is 2.26. The average molecular weight is 381 g/mol. The summed E-state index contributed by atoms with van der Waals surface area (Å²) < 4.78 is 31.4. The Bertz CT molecular complexity index is 900. The molecule has 0 bridgehead atoms. The molecule has 0 atom stereocenters. The van der Waals surface area contributed by atoms with Gasteiger partial charge in [-0.15, -0.1) is 0 Å². The first-order valence-corrected chi connectivity index (χ1v) is 8.47. The fraction of sp³-hybridized carbons (Fsp3) is 0.0588. The van der Waals surface area contributed by atoms with E-state index in [0.717, 1.165) is 17.8 Å². The smallest absolute Gasteiger partial charge is 0.256 e. The number of rotatable bonds is 5. The Morgan fingerprint density at radius 1 is 1.16 bits per heavy atom. The maximum atomic E-state index is 13.0. The number of aromatic nitrogens is 1. The molecule has 0 spiro atoms. The second-order valence-corrected chi connectivity index (χ2v) is 6.29. The van der Waals surface area contributed by atoms with Crippen molar-refractivity contribution in [1.82, 2.24) is 4.98 Å². The highest BCUT2D eigenvalue weighted by Gasteiger charge is 2.11. The van der Waals surface area contributed by atoms with E-state index in [1.165, 1.54) is 30.5 Å². The largest absolute Gasteiger partial charge is 0.431 e. The van der Waals surface area contributed by atoms with Gasteiger partial charge in [-0.2, -0.15) is 0 Å². The van der Waals surface area contributed by atoms with Crippen LogP contribution in [0.15, 0.2) is 58.3 Å². The average Bonchev–Trinajstić information content (AvgIpc) is 3.05. The Balaban J connectivity index is 1.58. The van der Waals surface area contributed by atoms with Gasteiger partial charge in [0.05, 0.1) is 22.7 Å². The molecule has 4 nitrogen and oxygen atoms in total. The van der Waals surface area contributed by atoms with Crippen LogP contribution in [0.25, 0.3) is 11.3 Å². The standard InChI is InChI=1S/C17H11ClF2N2O2S/c18-13-7-12(20)5-6-14(13)22-16(23)9-25-17-21-8-15(24-17)10-1-3-11(19)4-2-10/h1-8H,9H2,(H,22,23). The van der Waals surface area contributed by atoms with E-state index in [0.29, 0.717) is 22.2 Å². The molecule has 0 saturated heterocycles. The second-order valence-electron chi connectivity index (χ2n) is 4.96. The lowest BCUT2D eigenvalue weighted by Crippen LogP contribution is -2.14. The number of nitrogens with zero attached hydrogens (tertiary/aromatic N) is 1. The molecule has 0 fully saturated rings. The van der Waals surface area contributed by atoms with E-state index < -0.39 is 5.82 Å². The van der Waals surface area contributed by atoms with E-state index in [1.807, 2.05) is 0 Å². The minimum absolute atomic E-state index is 0.0388. The van der Waals surface area contributed by atoms with E-state index in [-0.39, 0.29) is 22.5 Å². The highest BCUT2D eigenvalue weighted by atomic mass is 35.5. The van der Waals surface area contributed by atoms with Crippen LogP contribution in [0.5, 0.6) is 0 Å². The van der Waals surface area contributed by atoms with Crippen LogP contribution in [0.1, 0.15) is 0 Å². The van der Waals surface area contributed by atoms with E-state index in [9.17, 15) is 13.6 Å². The molecule has 0 aliphatic heterocycles. The quantitative estimate of drug-likeness (QED) is 0.632. The Hall–Kier alpha value is -2.38. The number of nitrogens with one attached hydrogen (secondary N) is 1. The van der Waals surface area contributed by atoms with Gasteiger partial charge in [0.25, 0.3) is 5.22 Å². The Morgan fingerprint density at radius 3 is 2.60 bits per heavy atom. The Kier molecular flexibility index (Phi) is 5.35. The van der Waals surface area contributed by atoms with Crippen LogP contribution in [0, 0.1) is 11.6 Å². The third-order valence-electron chi connectivity index (χ3n) is 3.15. The predicted octanol–water partition coefficient (Wildman–Crippen LogP) is 5.00. The minimum Gasteiger partial charge on any atom is -0.431 e. The van der Waals surface area contributed by atoms with Crippen LogP contribution >= 0.6 is 23.4 Å². The molecule has 1 heterocycles. The van der Waals surface area contributed by atoms with Gasteiger partial charge in [-0.1, -0.05) is 23.4 Å². The third-order valence-corrected chi connectivity index (χ3v) is 4.30. The van der Waals surface area contributed by atoms with Gasteiger partial charge < -0.3 is 9.73 Å². The molecule has 0 saturated carbocycles. The van der Waals surface area contributed by atoms with Gasteiger partial charge in [0.1, 0.15) is 11.6 Å². The van der Waals surface area contributed by atoms with Gasteiger partial charge in [0, 0.05) is 5.56 Å². The zero-order valence-corrected chi connectivity index (χ0v) is 14.2. The van der Waals surface area contributed by atoms with E-state index in [4.69, 9.17) is 16.0 Å². The fourth-order valence-electron chi connectivity index (χ4n) is 1.98. The normalized spacial score (nSPS) is 10.7. The van der Waals surface area contributed by atoms with Crippen molar-refractivity contribution < 1.29 is 18.0 Å².